The minimum Gasteiger partial charge on any atom is -0.504 e. The molecule has 1 unspecified atom stereocenters. The van der Waals surface area contributed by atoms with Crippen molar-refractivity contribution >= 4 is 22.9 Å². The van der Waals surface area contributed by atoms with Gasteiger partial charge in [-0.2, -0.15) is 9.97 Å². The number of ether oxygens (including phenoxy) is 1. The minimum atomic E-state index is -0.528. The number of hydrogen-bond donors (Lipinski definition) is 4. The SMILES string of the molecule is COc1cccc(CNc2nc(NCC(C)O)nc3c2ncn3C(C)C)c1O. The van der Waals surface area contributed by atoms with E-state index in [0.717, 1.165) is 0 Å². The molecule has 0 aliphatic rings. The van der Waals surface area contributed by atoms with E-state index in [1.807, 2.05) is 30.5 Å². The van der Waals surface area contributed by atoms with Crippen LogP contribution in [0.4, 0.5) is 11.8 Å². The topological polar surface area (TPSA) is 117 Å². The molecule has 3 rings (SSSR count). The minimum absolute atomic E-state index is 0.0861. The summed E-state index contributed by atoms with van der Waals surface area (Å²) in [7, 11) is 1.51. The van der Waals surface area contributed by atoms with Crippen molar-refractivity contribution in [2.24, 2.45) is 0 Å². The third-order valence-corrected chi connectivity index (χ3v) is 4.28. The normalized spacial score (nSPS) is 12.4. The van der Waals surface area contributed by atoms with Crippen LogP contribution in [0.3, 0.4) is 0 Å². The van der Waals surface area contributed by atoms with Gasteiger partial charge in [0, 0.05) is 24.7 Å². The van der Waals surface area contributed by atoms with E-state index >= 15 is 0 Å². The van der Waals surface area contributed by atoms with Gasteiger partial charge in [-0.1, -0.05) is 12.1 Å². The molecular formula is C19H26N6O3. The Kier molecular flexibility index (Phi) is 5.84. The number of benzene rings is 1. The molecule has 0 fully saturated rings. The van der Waals surface area contributed by atoms with Crippen LogP contribution in [0.15, 0.2) is 24.5 Å². The average Bonchev–Trinajstić information content (AvgIpc) is 3.09. The molecule has 28 heavy (non-hydrogen) atoms. The van der Waals surface area contributed by atoms with Gasteiger partial charge in [0.25, 0.3) is 0 Å². The molecule has 3 aromatic rings. The highest BCUT2D eigenvalue weighted by Gasteiger charge is 2.16. The summed E-state index contributed by atoms with van der Waals surface area (Å²) >= 11 is 0. The van der Waals surface area contributed by atoms with Crippen molar-refractivity contribution in [1.29, 1.82) is 0 Å². The number of rotatable bonds is 8. The number of fused-ring (bicyclic) bond motifs is 1. The molecule has 0 aliphatic carbocycles. The second-order valence-electron chi connectivity index (χ2n) is 6.87. The zero-order valence-corrected chi connectivity index (χ0v) is 16.5. The molecule has 9 nitrogen and oxygen atoms in total. The van der Waals surface area contributed by atoms with Crippen LogP contribution < -0.4 is 15.4 Å². The van der Waals surface area contributed by atoms with Crippen LogP contribution in [0.1, 0.15) is 32.4 Å². The number of nitrogens with one attached hydrogen (secondary N) is 2. The van der Waals surface area contributed by atoms with E-state index < -0.39 is 6.10 Å². The molecule has 0 radical (unpaired) electrons. The summed E-state index contributed by atoms with van der Waals surface area (Å²) in [6, 6.07) is 5.50. The number of aromatic hydroxyl groups is 1. The smallest absolute Gasteiger partial charge is 0.226 e. The lowest BCUT2D eigenvalue weighted by atomic mass is 10.2. The number of aliphatic hydroxyl groups excluding tert-OH is 1. The van der Waals surface area contributed by atoms with Crippen molar-refractivity contribution in [3.63, 3.8) is 0 Å². The molecule has 4 N–H and O–H groups in total. The Hall–Kier alpha value is -3.07. The average molecular weight is 386 g/mol. The molecule has 9 heteroatoms. The zero-order valence-electron chi connectivity index (χ0n) is 16.5. The summed E-state index contributed by atoms with van der Waals surface area (Å²) in [5, 5.41) is 26.1. The monoisotopic (exact) mass is 386 g/mol. The molecule has 0 aliphatic heterocycles. The van der Waals surface area contributed by atoms with Gasteiger partial charge >= 0.3 is 0 Å². The summed E-state index contributed by atoms with van der Waals surface area (Å²) in [5.74, 6) is 1.44. The Morgan fingerprint density at radius 2 is 1.96 bits per heavy atom. The van der Waals surface area contributed by atoms with Crippen LogP contribution >= 0.6 is 0 Å². The van der Waals surface area contributed by atoms with Crippen LogP contribution in [-0.4, -0.2) is 49.5 Å². The number of imidazole rings is 1. The lowest BCUT2D eigenvalue weighted by molar-refractivity contribution is 0.208. The van der Waals surface area contributed by atoms with E-state index in [1.54, 1.807) is 19.3 Å². The third kappa shape index (κ3) is 4.09. The molecule has 0 saturated carbocycles. The van der Waals surface area contributed by atoms with Crippen LogP contribution in [0.2, 0.25) is 0 Å². The molecular weight excluding hydrogens is 360 g/mol. The summed E-state index contributed by atoms with van der Waals surface area (Å²) in [4.78, 5) is 13.5. The quantitative estimate of drug-likeness (QED) is 0.467. The van der Waals surface area contributed by atoms with E-state index in [2.05, 4.69) is 25.6 Å². The second-order valence-corrected chi connectivity index (χ2v) is 6.87. The van der Waals surface area contributed by atoms with Crippen molar-refractivity contribution in [2.75, 3.05) is 24.3 Å². The molecule has 0 bridgehead atoms. The first-order valence-corrected chi connectivity index (χ1v) is 9.16. The maximum absolute atomic E-state index is 10.3. The summed E-state index contributed by atoms with van der Waals surface area (Å²) in [5.41, 5.74) is 2.00. The first kappa shape index (κ1) is 19.7. The number of aliphatic hydroxyl groups is 1. The van der Waals surface area contributed by atoms with Gasteiger partial charge in [-0.15, -0.1) is 0 Å². The highest BCUT2D eigenvalue weighted by Crippen LogP contribution is 2.30. The second kappa shape index (κ2) is 8.30. The number of anilines is 2. The standard InChI is InChI=1S/C19H26N6O3/c1-11(2)25-10-22-15-17(23-19(24-18(15)25)21-8-12(3)26)20-9-13-6-5-7-14(28-4)16(13)27/h5-7,10-12,26-27H,8-9H2,1-4H3,(H2,20,21,23,24). The highest BCUT2D eigenvalue weighted by molar-refractivity contribution is 5.84. The van der Waals surface area contributed by atoms with Crippen LogP contribution in [0, 0.1) is 0 Å². The summed E-state index contributed by atoms with van der Waals surface area (Å²) in [6.45, 7) is 6.45. The number of nitrogens with zero attached hydrogens (tertiary/aromatic N) is 4. The lowest BCUT2D eigenvalue weighted by Gasteiger charge is -2.13. The van der Waals surface area contributed by atoms with Gasteiger partial charge in [0.15, 0.2) is 28.5 Å². The van der Waals surface area contributed by atoms with Crippen molar-refractivity contribution in [2.45, 2.75) is 39.5 Å². The van der Waals surface area contributed by atoms with Gasteiger partial charge in [-0.05, 0) is 26.8 Å². The molecule has 1 aromatic carbocycles. The number of phenols is 1. The van der Waals surface area contributed by atoms with Gasteiger partial charge in [0.05, 0.1) is 19.5 Å². The molecule has 150 valence electrons. The number of aromatic nitrogens is 4. The Morgan fingerprint density at radius 1 is 1.18 bits per heavy atom. The Labute approximate surface area is 163 Å². The first-order valence-electron chi connectivity index (χ1n) is 9.16. The zero-order chi connectivity index (χ0) is 20.3. The predicted molar refractivity (Wildman–Crippen MR) is 108 cm³/mol. The van der Waals surface area contributed by atoms with E-state index in [1.165, 1.54) is 7.11 Å². The van der Waals surface area contributed by atoms with Crippen molar-refractivity contribution < 1.29 is 14.9 Å². The van der Waals surface area contributed by atoms with Gasteiger partial charge < -0.3 is 30.2 Å². The van der Waals surface area contributed by atoms with Gasteiger partial charge in [-0.25, -0.2) is 4.98 Å². The Morgan fingerprint density at radius 3 is 2.64 bits per heavy atom. The lowest BCUT2D eigenvalue weighted by Crippen LogP contribution is -2.18. The fraction of sp³-hybridized carbons (Fsp3) is 0.421. The largest absolute Gasteiger partial charge is 0.504 e. The van der Waals surface area contributed by atoms with Gasteiger partial charge in [0.2, 0.25) is 5.95 Å². The van der Waals surface area contributed by atoms with Gasteiger partial charge in [0.1, 0.15) is 0 Å². The fourth-order valence-corrected chi connectivity index (χ4v) is 2.79. The van der Waals surface area contributed by atoms with E-state index in [0.29, 0.717) is 47.3 Å². The first-order chi connectivity index (χ1) is 13.4. The van der Waals surface area contributed by atoms with E-state index in [4.69, 9.17) is 4.74 Å². The number of para-hydroxylation sites is 1. The van der Waals surface area contributed by atoms with Crippen LogP contribution in [0.25, 0.3) is 11.2 Å². The highest BCUT2D eigenvalue weighted by atomic mass is 16.5. The van der Waals surface area contributed by atoms with Gasteiger partial charge in [-0.3, -0.25) is 0 Å². The number of hydrogen-bond acceptors (Lipinski definition) is 8. The van der Waals surface area contributed by atoms with Crippen molar-refractivity contribution in [3.8, 4) is 11.5 Å². The van der Waals surface area contributed by atoms with Crippen molar-refractivity contribution in [3.05, 3.63) is 30.1 Å². The number of phenolic OH excluding ortho intramolecular Hbond substituents is 1. The maximum atomic E-state index is 10.3. The molecule has 0 spiro atoms. The third-order valence-electron chi connectivity index (χ3n) is 4.28. The Bertz CT molecular complexity index is 954. The summed E-state index contributed by atoms with van der Waals surface area (Å²) in [6.07, 6.45) is 1.20. The van der Waals surface area contributed by atoms with Crippen molar-refractivity contribution in [1.82, 2.24) is 19.5 Å². The fourth-order valence-electron chi connectivity index (χ4n) is 2.79. The van der Waals surface area contributed by atoms with E-state index in [9.17, 15) is 10.2 Å². The molecule has 2 heterocycles. The molecule has 2 aromatic heterocycles. The molecule has 0 amide bonds. The van der Waals surface area contributed by atoms with Crippen LogP contribution in [-0.2, 0) is 6.54 Å². The predicted octanol–water partition coefficient (Wildman–Crippen LogP) is 2.53. The van der Waals surface area contributed by atoms with Crippen LogP contribution in [0.5, 0.6) is 11.5 Å². The maximum Gasteiger partial charge on any atom is 0.226 e. The van der Waals surface area contributed by atoms with E-state index in [-0.39, 0.29) is 11.8 Å². The Balaban J connectivity index is 1.94. The molecule has 1 atom stereocenters. The molecule has 0 saturated heterocycles. The number of methoxy groups -OCH3 is 1. The summed E-state index contributed by atoms with van der Waals surface area (Å²) < 4.78 is 7.12.